The average Bonchev–Trinajstić information content (AvgIpc) is 3.82. The van der Waals surface area contributed by atoms with Crippen LogP contribution in [0.2, 0.25) is 0 Å². The van der Waals surface area contributed by atoms with Crippen molar-refractivity contribution in [2.45, 2.75) is 0 Å². The van der Waals surface area contributed by atoms with Crippen molar-refractivity contribution in [3.63, 3.8) is 0 Å². The molecule has 0 radical (unpaired) electrons. The predicted molar refractivity (Wildman–Crippen MR) is 211 cm³/mol. The molecule has 0 N–H and O–H groups in total. The highest BCUT2D eigenvalue weighted by Crippen LogP contribution is 2.39. The summed E-state index contributed by atoms with van der Waals surface area (Å²) >= 11 is 0. The van der Waals surface area contributed by atoms with Crippen LogP contribution in [0.3, 0.4) is 0 Å². The monoisotopic (exact) mass is 650 g/mol. The highest BCUT2D eigenvalue weighted by molar-refractivity contribution is 6.12. The smallest absolute Gasteiger partial charge is 0.0645 e. The SMILES string of the molecule is [2H]c1ccccc1-c1ccc(-n2c3c([2H])cc([2H])c([2H])c3c3c([2H])c(-c4cc([2H])c5c(c4[2H])c4c([2H])c([2H])cc([2H])c4n5-c4cc(-c5ccccc5[2H])ccc4[2H])cc([2H])c32)c([2H])c1. The summed E-state index contributed by atoms with van der Waals surface area (Å²) in [4.78, 5) is 0. The zero-order valence-corrected chi connectivity index (χ0v) is 26.3. The van der Waals surface area contributed by atoms with Crippen LogP contribution in [0.4, 0.5) is 0 Å². The molecule has 10 aromatic rings. The van der Waals surface area contributed by atoms with Gasteiger partial charge in [0.15, 0.2) is 0 Å². The van der Waals surface area contributed by atoms with E-state index < -0.39 is 0 Å². The van der Waals surface area contributed by atoms with E-state index >= 15 is 0 Å². The summed E-state index contributed by atoms with van der Waals surface area (Å²) in [6.45, 7) is 0. The number of nitrogens with zero attached hydrogens (tertiary/aromatic N) is 2. The molecule has 10 rings (SSSR count). The Morgan fingerprint density at radius 1 is 0.320 bits per heavy atom. The Balaban J connectivity index is 1.28. The number of hydrogen-bond acceptors (Lipinski definition) is 0. The van der Waals surface area contributed by atoms with Gasteiger partial charge in [-0.05, 0) is 93.9 Å². The summed E-state index contributed by atoms with van der Waals surface area (Å²) < 4.78 is 130. The largest absolute Gasteiger partial charge is 0.309 e. The molecule has 2 nitrogen and oxygen atoms in total. The summed E-state index contributed by atoms with van der Waals surface area (Å²) in [5, 5.41) is 0.0679. The zero-order valence-electron chi connectivity index (χ0n) is 40.3. The molecule has 0 spiro atoms. The molecule has 0 unspecified atom stereocenters. The minimum absolute atomic E-state index is 0.00129. The first-order valence-corrected chi connectivity index (χ1v) is 16.0. The number of aromatic nitrogens is 2. The van der Waals surface area contributed by atoms with Crippen molar-refractivity contribution in [3.05, 3.63) is 194 Å². The van der Waals surface area contributed by atoms with Crippen LogP contribution >= 0.6 is 0 Å². The van der Waals surface area contributed by atoms with Gasteiger partial charge in [0, 0.05) is 32.9 Å². The molecule has 0 fully saturated rings. The van der Waals surface area contributed by atoms with Crippen LogP contribution in [0.1, 0.15) is 19.2 Å². The van der Waals surface area contributed by atoms with E-state index in [0.29, 0.717) is 22.3 Å². The van der Waals surface area contributed by atoms with Crippen LogP contribution in [0.5, 0.6) is 0 Å². The Bertz CT molecular complexity index is 3680. The van der Waals surface area contributed by atoms with Crippen LogP contribution in [0.15, 0.2) is 194 Å². The number of fused-ring (bicyclic) bond motifs is 6. The van der Waals surface area contributed by atoms with E-state index in [1.54, 1.807) is 78.9 Å². The fourth-order valence-electron chi connectivity index (χ4n) is 6.62. The van der Waals surface area contributed by atoms with Crippen LogP contribution < -0.4 is 0 Å². The first kappa shape index (κ1) is 17.7. The zero-order chi connectivity index (χ0) is 45.2. The van der Waals surface area contributed by atoms with Crippen molar-refractivity contribution < 1.29 is 19.2 Å². The van der Waals surface area contributed by atoms with Crippen LogP contribution in [-0.2, 0) is 0 Å². The maximum atomic E-state index is 9.79. The molecule has 0 aliphatic rings. The molecule has 234 valence electrons. The van der Waals surface area contributed by atoms with Gasteiger partial charge in [0.1, 0.15) is 0 Å². The van der Waals surface area contributed by atoms with E-state index in [9.17, 15) is 5.48 Å². The van der Waals surface area contributed by atoms with Crippen molar-refractivity contribution in [2.24, 2.45) is 0 Å². The van der Waals surface area contributed by atoms with Gasteiger partial charge in [-0.2, -0.15) is 0 Å². The molecule has 2 aromatic heterocycles. The first-order chi connectivity index (χ1) is 30.6. The van der Waals surface area contributed by atoms with Crippen LogP contribution in [0.25, 0.3) is 88.4 Å². The van der Waals surface area contributed by atoms with Crippen molar-refractivity contribution in [2.75, 3.05) is 0 Å². The van der Waals surface area contributed by atoms with Gasteiger partial charge in [-0.3, -0.25) is 0 Å². The molecule has 8 aromatic carbocycles. The Kier molecular flexibility index (Phi) is 4.07. The molecule has 0 saturated carbocycles. The summed E-state index contributed by atoms with van der Waals surface area (Å²) in [6.07, 6.45) is 0. The number of para-hydroxylation sites is 2. The van der Waals surface area contributed by atoms with E-state index in [0.717, 1.165) is 0 Å². The minimum atomic E-state index is -0.321. The van der Waals surface area contributed by atoms with Gasteiger partial charge in [-0.15, -0.1) is 0 Å². The van der Waals surface area contributed by atoms with Gasteiger partial charge in [-0.1, -0.05) is 133 Å². The molecular weight excluding hydrogens is 605 g/mol. The second kappa shape index (κ2) is 11.5. The number of hydrogen-bond donors (Lipinski definition) is 0. The van der Waals surface area contributed by atoms with E-state index in [1.165, 1.54) is 39.5 Å². The summed E-state index contributed by atoms with van der Waals surface area (Å²) in [6, 6.07) is 26.6. The van der Waals surface area contributed by atoms with Gasteiger partial charge < -0.3 is 9.13 Å². The van der Waals surface area contributed by atoms with Crippen LogP contribution in [-0.4, -0.2) is 9.13 Å². The highest BCUT2D eigenvalue weighted by atomic mass is 15.0. The second-order valence-electron chi connectivity index (χ2n) is 11.8. The first-order valence-electron chi connectivity index (χ1n) is 23.0. The molecule has 0 aliphatic heterocycles. The molecule has 50 heavy (non-hydrogen) atoms. The normalized spacial score (nSPS) is 15.5. The lowest BCUT2D eigenvalue weighted by molar-refractivity contribution is 1.18. The molecule has 0 amide bonds. The lowest BCUT2D eigenvalue weighted by Gasteiger charge is -2.11. The number of rotatable bonds is 5. The molecule has 2 heteroatoms. The molecule has 0 aliphatic carbocycles. The topological polar surface area (TPSA) is 9.86 Å². The van der Waals surface area contributed by atoms with Crippen molar-refractivity contribution >= 4 is 43.6 Å². The van der Waals surface area contributed by atoms with Gasteiger partial charge >= 0.3 is 0 Å². The number of benzene rings is 8. The average molecular weight is 651 g/mol. The molecular formula is C48H32N2. The third-order valence-corrected chi connectivity index (χ3v) is 8.92. The second-order valence-corrected chi connectivity index (χ2v) is 11.8. The van der Waals surface area contributed by atoms with Gasteiger partial charge in [0.2, 0.25) is 0 Å². The third-order valence-electron chi connectivity index (χ3n) is 8.92. The summed E-state index contributed by atoms with van der Waals surface area (Å²) in [5.41, 5.74) is 3.11. The van der Waals surface area contributed by atoms with E-state index in [2.05, 4.69) is 0 Å². The lowest BCUT2D eigenvalue weighted by atomic mass is 10.0. The Morgan fingerprint density at radius 2 is 0.880 bits per heavy atom. The van der Waals surface area contributed by atoms with Gasteiger partial charge in [0.05, 0.1) is 41.3 Å². The Hall–Kier alpha value is -6.64. The fourth-order valence-corrected chi connectivity index (χ4v) is 6.62. The molecule has 0 saturated heterocycles. The standard InChI is InChI=1S/C48H32N2/c1-3-12-33(13-4-1)35-22-26-39(27-23-35)49-45-20-9-7-18-41(45)43-31-37(24-28-47(43)49)38-25-29-48-44(32-38)42-19-8-10-21-46(42)50(48)40-17-11-16-36(30-40)34-14-5-2-6-15-34/h1-32H/i7D,8D,12D,14D,17D,18D,19D,20D,21D,26D,28D,29D,31D,32D. The maximum absolute atomic E-state index is 9.79. The van der Waals surface area contributed by atoms with Gasteiger partial charge in [0.25, 0.3) is 0 Å². The van der Waals surface area contributed by atoms with E-state index in [1.807, 2.05) is 0 Å². The fraction of sp³-hybridized carbons (Fsp3) is 0. The summed E-state index contributed by atoms with van der Waals surface area (Å²) in [5.74, 6) is 0. The summed E-state index contributed by atoms with van der Waals surface area (Å²) in [7, 11) is 0. The quantitative estimate of drug-likeness (QED) is 0.175. The third kappa shape index (κ3) is 4.57. The predicted octanol–water partition coefficient (Wildman–Crippen LogP) is 12.9. The van der Waals surface area contributed by atoms with E-state index in [-0.39, 0.29) is 151 Å². The van der Waals surface area contributed by atoms with E-state index in [4.69, 9.17) is 13.7 Å². The van der Waals surface area contributed by atoms with Crippen molar-refractivity contribution in [1.82, 2.24) is 9.13 Å². The molecule has 0 bridgehead atoms. The Morgan fingerprint density at radius 3 is 1.50 bits per heavy atom. The maximum Gasteiger partial charge on any atom is 0.0645 e. The highest BCUT2D eigenvalue weighted by Gasteiger charge is 2.16. The van der Waals surface area contributed by atoms with Crippen LogP contribution in [0, 0.1) is 0 Å². The molecule has 0 atom stereocenters. The van der Waals surface area contributed by atoms with Gasteiger partial charge in [-0.25, -0.2) is 0 Å². The minimum Gasteiger partial charge on any atom is -0.309 e. The van der Waals surface area contributed by atoms with Crippen molar-refractivity contribution in [3.8, 4) is 44.8 Å². The Labute approximate surface area is 310 Å². The van der Waals surface area contributed by atoms with Crippen molar-refractivity contribution in [1.29, 1.82) is 0 Å². The molecule has 2 heterocycles. The lowest BCUT2D eigenvalue weighted by Crippen LogP contribution is -1.94.